The third-order valence-electron chi connectivity index (χ3n) is 2.41. The molecule has 0 fully saturated rings. The second kappa shape index (κ2) is 7.48. The highest BCUT2D eigenvalue weighted by Gasteiger charge is 2.13. The standard InChI is InChI=1S/C12H20N2O3S/c1-2-17-8-4-7-14-18(15,16)12-6-3-5-11(9-12)10-13/h3,5-6,9,14H,2,4,7-8,10,13H2,1H3. The summed E-state index contributed by atoms with van der Waals surface area (Å²) in [6.07, 6.45) is 0.656. The van der Waals surface area contributed by atoms with Crippen LogP contribution in [0.15, 0.2) is 29.2 Å². The second-order valence-electron chi connectivity index (χ2n) is 3.80. The molecule has 1 rings (SSSR count). The van der Waals surface area contributed by atoms with Gasteiger partial charge in [-0.15, -0.1) is 0 Å². The van der Waals surface area contributed by atoms with Gasteiger partial charge in [0.2, 0.25) is 10.0 Å². The van der Waals surface area contributed by atoms with Gasteiger partial charge in [-0.1, -0.05) is 12.1 Å². The number of benzene rings is 1. The average molecular weight is 272 g/mol. The Bertz CT molecular complexity index is 460. The van der Waals surface area contributed by atoms with Crippen LogP contribution >= 0.6 is 0 Å². The molecule has 1 aromatic carbocycles. The van der Waals surface area contributed by atoms with E-state index in [1.165, 1.54) is 0 Å². The third kappa shape index (κ3) is 4.73. The zero-order valence-electron chi connectivity index (χ0n) is 10.6. The molecule has 3 N–H and O–H groups in total. The van der Waals surface area contributed by atoms with Gasteiger partial charge >= 0.3 is 0 Å². The first-order chi connectivity index (χ1) is 8.60. The van der Waals surface area contributed by atoms with Gasteiger partial charge in [0, 0.05) is 26.3 Å². The molecule has 0 heterocycles. The smallest absolute Gasteiger partial charge is 0.240 e. The minimum atomic E-state index is -3.44. The lowest BCUT2D eigenvalue weighted by atomic mass is 10.2. The van der Waals surface area contributed by atoms with E-state index in [2.05, 4.69) is 4.72 Å². The number of nitrogens with two attached hydrogens (primary N) is 1. The van der Waals surface area contributed by atoms with Crippen molar-refractivity contribution >= 4 is 10.0 Å². The summed E-state index contributed by atoms with van der Waals surface area (Å²) in [6.45, 7) is 3.80. The van der Waals surface area contributed by atoms with E-state index in [0.29, 0.717) is 32.7 Å². The van der Waals surface area contributed by atoms with E-state index in [1.54, 1.807) is 24.3 Å². The molecule has 0 bridgehead atoms. The summed E-state index contributed by atoms with van der Waals surface area (Å²) in [6, 6.07) is 6.64. The van der Waals surface area contributed by atoms with Gasteiger partial charge in [-0.2, -0.15) is 0 Å². The molecule has 0 radical (unpaired) electrons. The molecule has 0 aliphatic rings. The summed E-state index contributed by atoms with van der Waals surface area (Å²) in [7, 11) is -3.44. The molecule has 6 heteroatoms. The molecule has 0 aromatic heterocycles. The number of rotatable bonds is 8. The van der Waals surface area contributed by atoms with Crippen molar-refractivity contribution in [2.75, 3.05) is 19.8 Å². The van der Waals surface area contributed by atoms with Crippen LogP contribution in [0, 0.1) is 0 Å². The van der Waals surface area contributed by atoms with Crippen LogP contribution in [-0.2, 0) is 21.3 Å². The number of nitrogens with one attached hydrogen (secondary N) is 1. The predicted molar refractivity (Wildman–Crippen MR) is 70.6 cm³/mol. The topological polar surface area (TPSA) is 81.4 Å². The molecule has 0 aliphatic carbocycles. The van der Waals surface area contributed by atoms with Crippen molar-refractivity contribution < 1.29 is 13.2 Å². The highest BCUT2D eigenvalue weighted by Crippen LogP contribution is 2.10. The van der Waals surface area contributed by atoms with Crippen LogP contribution in [0.3, 0.4) is 0 Å². The van der Waals surface area contributed by atoms with E-state index >= 15 is 0 Å². The van der Waals surface area contributed by atoms with Crippen molar-refractivity contribution in [3.8, 4) is 0 Å². The molecule has 102 valence electrons. The lowest BCUT2D eigenvalue weighted by Crippen LogP contribution is -2.25. The quantitative estimate of drug-likeness (QED) is 0.687. The first-order valence-corrected chi connectivity index (χ1v) is 7.45. The number of sulfonamides is 1. The lowest BCUT2D eigenvalue weighted by Gasteiger charge is -2.07. The summed E-state index contributed by atoms with van der Waals surface area (Å²) in [5, 5.41) is 0. The highest BCUT2D eigenvalue weighted by atomic mass is 32.2. The molecule has 18 heavy (non-hydrogen) atoms. The molecule has 5 nitrogen and oxygen atoms in total. The molecule has 0 spiro atoms. The van der Waals surface area contributed by atoms with Crippen LogP contribution in [0.2, 0.25) is 0 Å². The van der Waals surface area contributed by atoms with E-state index in [-0.39, 0.29) is 4.90 Å². The van der Waals surface area contributed by atoms with E-state index in [1.807, 2.05) is 6.92 Å². The van der Waals surface area contributed by atoms with Gasteiger partial charge < -0.3 is 10.5 Å². The summed E-state index contributed by atoms with van der Waals surface area (Å²) in [5.41, 5.74) is 6.28. The van der Waals surface area contributed by atoms with E-state index in [4.69, 9.17) is 10.5 Å². The predicted octanol–water partition coefficient (Wildman–Crippen LogP) is 0.850. The first kappa shape index (κ1) is 15.1. The molecule has 0 saturated heterocycles. The maximum Gasteiger partial charge on any atom is 0.240 e. The molecular weight excluding hydrogens is 252 g/mol. The van der Waals surface area contributed by atoms with E-state index in [0.717, 1.165) is 5.56 Å². The fraction of sp³-hybridized carbons (Fsp3) is 0.500. The fourth-order valence-corrected chi connectivity index (χ4v) is 2.59. The Balaban J connectivity index is 2.57. The minimum Gasteiger partial charge on any atom is -0.382 e. The van der Waals surface area contributed by atoms with E-state index < -0.39 is 10.0 Å². The van der Waals surface area contributed by atoms with Crippen molar-refractivity contribution in [1.82, 2.24) is 4.72 Å². The highest BCUT2D eigenvalue weighted by molar-refractivity contribution is 7.89. The summed E-state index contributed by atoms with van der Waals surface area (Å²) in [4.78, 5) is 0.252. The van der Waals surface area contributed by atoms with Crippen LogP contribution in [-0.4, -0.2) is 28.2 Å². The largest absolute Gasteiger partial charge is 0.382 e. The summed E-state index contributed by atoms with van der Waals surface area (Å²) < 4.78 is 31.6. The zero-order valence-corrected chi connectivity index (χ0v) is 11.4. The minimum absolute atomic E-state index is 0.252. The van der Waals surface area contributed by atoms with Gasteiger partial charge in [0.05, 0.1) is 4.90 Å². The Kier molecular flexibility index (Phi) is 6.28. The third-order valence-corrected chi connectivity index (χ3v) is 3.86. The van der Waals surface area contributed by atoms with Crippen molar-refractivity contribution in [2.24, 2.45) is 5.73 Å². The van der Waals surface area contributed by atoms with Gasteiger partial charge in [-0.3, -0.25) is 0 Å². The normalized spacial score (nSPS) is 11.7. The SMILES string of the molecule is CCOCCCNS(=O)(=O)c1cccc(CN)c1. The van der Waals surface area contributed by atoms with E-state index in [9.17, 15) is 8.42 Å². The number of ether oxygens (including phenoxy) is 1. The van der Waals surface area contributed by atoms with Crippen LogP contribution < -0.4 is 10.5 Å². The van der Waals surface area contributed by atoms with Gasteiger partial charge in [-0.25, -0.2) is 13.1 Å². The Hall–Kier alpha value is -0.950. The molecule has 0 atom stereocenters. The Labute approximate surface area is 108 Å². The molecule has 0 saturated carbocycles. The molecule has 0 amide bonds. The molecule has 0 aliphatic heterocycles. The van der Waals surface area contributed by atoms with Crippen LogP contribution in [0.1, 0.15) is 18.9 Å². The van der Waals surface area contributed by atoms with Crippen molar-refractivity contribution in [1.29, 1.82) is 0 Å². The van der Waals surface area contributed by atoms with Crippen molar-refractivity contribution in [2.45, 2.75) is 24.8 Å². The monoisotopic (exact) mass is 272 g/mol. The Morgan fingerprint density at radius 1 is 1.39 bits per heavy atom. The maximum absolute atomic E-state index is 11.9. The molecular formula is C12H20N2O3S. The van der Waals surface area contributed by atoms with Gasteiger partial charge in [0.25, 0.3) is 0 Å². The fourth-order valence-electron chi connectivity index (χ4n) is 1.45. The van der Waals surface area contributed by atoms with Gasteiger partial charge in [0.15, 0.2) is 0 Å². The zero-order chi connectivity index (χ0) is 13.4. The Morgan fingerprint density at radius 2 is 2.17 bits per heavy atom. The second-order valence-corrected chi connectivity index (χ2v) is 5.57. The van der Waals surface area contributed by atoms with Crippen LogP contribution in [0.4, 0.5) is 0 Å². The summed E-state index contributed by atoms with van der Waals surface area (Å²) in [5.74, 6) is 0. The van der Waals surface area contributed by atoms with Crippen molar-refractivity contribution in [3.05, 3.63) is 29.8 Å². The number of hydrogen-bond donors (Lipinski definition) is 2. The number of hydrogen-bond acceptors (Lipinski definition) is 4. The van der Waals surface area contributed by atoms with Gasteiger partial charge in [-0.05, 0) is 31.0 Å². The molecule has 1 aromatic rings. The average Bonchev–Trinajstić information content (AvgIpc) is 2.38. The van der Waals surface area contributed by atoms with Crippen LogP contribution in [0.25, 0.3) is 0 Å². The van der Waals surface area contributed by atoms with Gasteiger partial charge in [0.1, 0.15) is 0 Å². The first-order valence-electron chi connectivity index (χ1n) is 5.96. The van der Waals surface area contributed by atoms with Crippen LogP contribution in [0.5, 0.6) is 0 Å². The van der Waals surface area contributed by atoms with Crippen molar-refractivity contribution in [3.63, 3.8) is 0 Å². The maximum atomic E-state index is 11.9. The Morgan fingerprint density at radius 3 is 2.83 bits per heavy atom. The molecule has 0 unspecified atom stereocenters. The summed E-state index contributed by atoms with van der Waals surface area (Å²) >= 11 is 0. The lowest BCUT2D eigenvalue weighted by molar-refractivity contribution is 0.146.